The monoisotopic (exact) mass is 565 g/mol. The molecule has 0 aliphatic rings. The van der Waals surface area contributed by atoms with Gasteiger partial charge in [-0.2, -0.15) is 8.78 Å². The minimum absolute atomic E-state index is 0. The Morgan fingerprint density at radius 3 is 2.44 bits per heavy atom. The highest BCUT2D eigenvalue weighted by atomic mass is 127. The summed E-state index contributed by atoms with van der Waals surface area (Å²) >= 11 is 0. The van der Waals surface area contributed by atoms with Gasteiger partial charge in [0.25, 0.3) is 0 Å². The Morgan fingerprint density at radius 2 is 1.78 bits per heavy atom. The van der Waals surface area contributed by atoms with Gasteiger partial charge in [-0.3, -0.25) is 4.99 Å². The van der Waals surface area contributed by atoms with Crippen LogP contribution in [0.1, 0.15) is 25.0 Å². The van der Waals surface area contributed by atoms with Gasteiger partial charge in [-0.15, -0.1) is 24.0 Å². The average Bonchev–Trinajstić information content (AvgIpc) is 2.77. The van der Waals surface area contributed by atoms with Crippen molar-refractivity contribution in [2.24, 2.45) is 4.99 Å². The number of hydrogen-bond donors (Lipinski definition) is 3. The van der Waals surface area contributed by atoms with Crippen LogP contribution in [0.3, 0.4) is 0 Å². The van der Waals surface area contributed by atoms with E-state index in [9.17, 15) is 13.9 Å². The fraction of sp³-hybridized carbons (Fsp3) is 0.409. The highest BCUT2D eigenvalue weighted by Crippen LogP contribution is 2.20. The fourth-order valence-electron chi connectivity index (χ4n) is 2.66. The number of halogens is 3. The molecule has 1 unspecified atom stereocenters. The highest BCUT2D eigenvalue weighted by Gasteiger charge is 2.09. The van der Waals surface area contributed by atoms with Crippen molar-refractivity contribution in [3.63, 3.8) is 0 Å². The van der Waals surface area contributed by atoms with Crippen LogP contribution < -0.4 is 24.8 Å². The topological polar surface area (TPSA) is 84.3 Å². The van der Waals surface area contributed by atoms with Crippen LogP contribution in [0.25, 0.3) is 0 Å². The van der Waals surface area contributed by atoms with Crippen LogP contribution in [0.4, 0.5) is 8.78 Å². The minimum atomic E-state index is -2.88. The number of methoxy groups -OCH3 is 1. The smallest absolute Gasteiger partial charge is 0.387 e. The zero-order valence-electron chi connectivity index (χ0n) is 18.1. The number of aliphatic hydroxyl groups is 1. The Hall–Kier alpha value is -2.34. The molecule has 2 aromatic carbocycles. The van der Waals surface area contributed by atoms with E-state index in [2.05, 4.69) is 20.4 Å². The molecule has 0 fully saturated rings. The van der Waals surface area contributed by atoms with E-state index in [4.69, 9.17) is 9.47 Å². The molecular weight excluding hydrogens is 535 g/mol. The molecule has 0 bridgehead atoms. The van der Waals surface area contributed by atoms with Gasteiger partial charge in [0, 0.05) is 19.2 Å². The molecule has 2 rings (SSSR count). The van der Waals surface area contributed by atoms with Gasteiger partial charge in [0.2, 0.25) is 0 Å². The Bertz CT molecular complexity index is 810. The normalized spacial score (nSPS) is 12.0. The molecule has 0 spiro atoms. The average molecular weight is 565 g/mol. The van der Waals surface area contributed by atoms with Gasteiger partial charge >= 0.3 is 6.61 Å². The number of alkyl halides is 2. The van der Waals surface area contributed by atoms with Crippen LogP contribution in [0.2, 0.25) is 0 Å². The number of benzene rings is 2. The maximum absolute atomic E-state index is 12.2. The first-order chi connectivity index (χ1) is 15.0. The molecule has 10 heteroatoms. The number of ether oxygens (including phenoxy) is 3. The lowest BCUT2D eigenvalue weighted by Crippen LogP contribution is -2.38. The van der Waals surface area contributed by atoms with E-state index in [1.54, 1.807) is 7.11 Å². The molecule has 1 atom stereocenters. The minimum Gasteiger partial charge on any atom is -0.497 e. The summed E-state index contributed by atoms with van der Waals surface area (Å²) in [7, 11) is 1.61. The molecule has 0 amide bonds. The molecule has 0 saturated carbocycles. The maximum Gasteiger partial charge on any atom is 0.387 e. The highest BCUT2D eigenvalue weighted by molar-refractivity contribution is 14.0. The van der Waals surface area contributed by atoms with Crippen molar-refractivity contribution in [3.05, 3.63) is 54.1 Å². The first kappa shape index (κ1) is 27.7. The second-order valence-electron chi connectivity index (χ2n) is 6.49. The van der Waals surface area contributed by atoms with E-state index in [0.29, 0.717) is 31.2 Å². The van der Waals surface area contributed by atoms with E-state index in [0.717, 1.165) is 17.9 Å². The van der Waals surface area contributed by atoms with Gasteiger partial charge in [0.1, 0.15) is 17.2 Å². The first-order valence-electron chi connectivity index (χ1n) is 10.0. The number of guanidine groups is 1. The van der Waals surface area contributed by atoms with Crippen LogP contribution in [0, 0.1) is 0 Å². The predicted molar refractivity (Wildman–Crippen MR) is 131 cm³/mol. The van der Waals surface area contributed by atoms with Crippen LogP contribution in [0.5, 0.6) is 17.2 Å². The Balaban J connectivity index is 0.00000512. The molecule has 0 aliphatic carbocycles. The molecule has 0 heterocycles. The molecule has 32 heavy (non-hydrogen) atoms. The molecule has 2 aromatic rings. The van der Waals surface area contributed by atoms with Gasteiger partial charge in [-0.1, -0.05) is 18.2 Å². The van der Waals surface area contributed by atoms with Gasteiger partial charge < -0.3 is 30.0 Å². The summed E-state index contributed by atoms with van der Waals surface area (Å²) in [6.45, 7) is 1.00. The number of nitrogens with zero attached hydrogens (tertiary/aromatic N) is 1. The van der Waals surface area contributed by atoms with Crippen molar-refractivity contribution >= 4 is 29.9 Å². The molecule has 0 saturated heterocycles. The third-order valence-corrected chi connectivity index (χ3v) is 4.18. The summed E-state index contributed by atoms with van der Waals surface area (Å²) in [6, 6.07) is 13.3. The number of hydrogen-bond acceptors (Lipinski definition) is 5. The third-order valence-electron chi connectivity index (χ3n) is 4.18. The summed E-state index contributed by atoms with van der Waals surface area (Å²) in [4.78, 5) is 4.37. The van der Waals surface area contributed by atoms with Gasteiger partial charge in [-0.05, 0) is 43.2 Å². The van der Waals surface area contributed by atoms with Gasteiger partial charge in [-0.25, -0.2) is 0 Å². The van der Waals surface area contributed by atoms with Crippen molar-refractivity contribution < 1.29 is 28.1 Å². The van der Waals surface area contributed by atoms with E-state index in [-0.39, 0.29) is 36.3 Å². The predicted octanol–water partition coefficient (Wildman–Crippen LogP) is 3.97. The van der Waals surface area contributed by atoms with Gasteiger partial charge in [0.15, 0.2) is 5.96 Å². The molecule has 0 aromatic heterocycles. The molecular formula is C22H30F2IN3O4. The number of nitrogens with one attached hydrogen (secondary N) is 2. The zero-order chi connectivity index (χ0) is 22.5. The second-order valence-corrected chi connectivity index (χ2v) is 6.49. The van der Waals surface area contributed by atoms with Crippen LogP contribution >= 0.6 is 24.0 Å². The first-order valence-corrected chi connectivity index (χ1v) is 10.0. The summed E-state index contributed by atoms with van der Waals surface area (Å²) in [6.07, 6.45) is -0.122. The largest absolute Gasteiger partial charge is 0.497 e. The van der Waals surface area contributed by atoms with E-state index in [1.807, 2.05) is 31.2 Å². The van der Waals surface area contributed by atoms with Crippen molar-refractivity contribution in [3.8, 4) is 17.2 Å². The quantitative estimate of drug-likeness (QED) is 0.156. The van der Waals surface area contributed by atoms with Crippen LogP contribution in [-0.4, -0.2) is 51.0 Å². The SMILES string of the molecule is CCNC(=NCC(O)c1ccc(OC(F)F)cc1)NCCCOc1cccc(OC)c1.I. The maximum atomic E-state index is 12.2. The Kier molecular flexibility index (Phi) is 13.4. The molecule has 0 radical (unpaired) electrons. The second kappa shape index (κ2) is 15.5. The number of aliphatic imine (C=N–C) groups is 1. The van der Waals surface area contributed by atoms with Crippen molar-refractivity contribution in [2.45, 2.75) is 26.1 Å². The van der Waals surface area contributed by atoms with Crippen molar-refractivity contribution in [1.29, 1.82) is 0 Å². The standard InChI is InChI=1S/C22H29F2N3O4.HI/c1-3-25-22(26-12-5-13-30-19-7-4-6-18(14-19)29-2)27-15-20(28)16-8-10-17(11-9-16)31-21(23)24;/h4,6-11,14,20-21,28H,3,5,12-13,15H2,1-2H3,(H2,25,26,27);1H. The lowest BCUT2D eigenvalue weighted by Gasteiger charge is -2.14. The van der Waals surface area contributed by atoms with Crippen molar-refractivity contribution in [2.75, 3.05) is 33.4 Å². The van der Waals surface area contributed by atoms with Crippen LogP contribution in [0.15, 0.2) is 53.5 Å². The Morgan fingerprint density at radius 1 is 1.06 bits per heavy atom. The molecule has 0 aliphatic heterocycles. The van der Waals surface area contributed by atoms with Crippen molar-refractivity contribution in [1.82, 2.24) is 10.6 Å². The van der Waals surface area contributed by atoms with E-state index < -0.39 is 12.7 Å². The number of rotatable bonds is 12. The summed E-state index contributed by atoms with van der Waals surface area (Å²) < 4.78 is 39.6. The van der Waals surface area contributed by atoms with Gasteiger partial charge in [0.05, 0.1) is 26.4 Å². The summed E-state index contributed by atoms with van der Waals surface area (Å²) in [5.74, 6) is 2.10. The number of aliphatic hydroxyl groups excluding tert-OH is 1. The van der Waals surface area contributed by atoms with E-state index in [1.165, 1.54) is 24.3 Å². The lowest BCUT2D eigenvalue weighted by atomic mass is 10.1. The van der Waals surface area contributed by atoms with E-state index >= 15 is 0 Å². The Labute approximate surface area is 204 Å². The fourth-order valence-corrected chi connectivity index (χ4v) is 2.66. The lowest BCUT2D eigenvalue weighted by molar-refractivity contribution is -0.0498. The molecule has 7 nitrogen and oxygen atoms in total. The zero-order valence-corrected chi connectivity index (χ0v) is 20.4. The molecule has 3 N–H and O–H groups in total. The summed E-state index contributed by atoms with van der Waals surface area (Å²) in [5.41, 5.74) is 0.563. The molecule has 178 valence electrons. The third kappa shape index (κ3) is 10.3. The summed E-state index contributed by atoms with van der Waals surface area (Å²) in [5, 5.41) is 16.6. The van der Waals surface area contributed by atoms with Crippen LogP contribution in [-0.2, 0) is 0 Å².